The molecule has 6 heteroatoms. The number of aryl methyl sites for hydroxylation is 2. The van der Waals surface area contributed by atoms with Crippen molar-refractivity contribution in [3.63, 3.8) is 0 Å². The number of nitrogens with two attached hydrogens (primary N) is 1. The second-order valence-electron chi connectivity index (χ2n) is 5.45. The van der Waals surface area contributed by atoms with Crippen molar-refractivity contribution in [2.75, 3.05) is 11.1 Å². The molecule has 2 aromatic carbocycles. The molecule has 0 atom stereocenters. The van der Waals surface area contributed by atoms with Crippen molar-refractivity contribution in [1.82, 2.24) is 9.97 Å². The van der Waals surface area contributed by atoms with E-state index in [1.807, 2.05) is 44.2 Å². The van der Waals surface area contributed by atoms with E-state index < -0.39 is 0 Å². The van der Waals surface area contributed by atoms with E-state index in [-0.39, 0.29) is 0 Å². The molecule has 5 nitrogen and oxygen atoms in total. The van der Waals surface area contributed by atoms with Gasteiger partial charge in [0.15, 0.2) is 5.82 Å². The Bertz CT molecular complexity index is 883. The van der Waals surface area contributed by atoms with Crippen molar-refractivity contribution in [2.45, 2.75) is 13.8 Å². The van der Waals surface area contributed by atoms with Gasteiger partial charge in [-0.05, 0) is 55.3 Å². The second-order valence-corrected chi connectivity index (χ2v) is 5.86. The Labute approximate surface area is 145 Å². The lowest BCUT2D eigenvalue weighted by Gasteiger charge is -2.12. The van der Waals surface area contributed by atoms with Gasteiger partial charge in [-0.3, -0.25) is 0 Å². The second kappa shape index (κ2) is 6.76. The van der Waals surface area contributed by atoms with Crippen LogP contribution in [-0.2, 0) is 0 Å². The molecule has 3 rings (SSSR count). The lowest BCUT2D eigenvalue weighted by Crippen LogP contribution is -2.03. The summed E-state index contributed by atoms with van der Waals surface area (Å²) in [5.74, 6) is 1.40. The molecule has 1 heterocycles. The van der Waals surface area contributed by atoms with Crippen LogP contribution in [-0.4, -0.2) is 9.97 Å². The molecule has 0 aliphatic heterocycles. The summed E-state index contributed by atoms with van der Waals surface area (Å²) in [7, 11) is 0. The molecule has 0 fully saturated rings. The molecular weight excluding hydrogens is 324 g/mol. The van der Waals surface area contributed by atoms with Gasteiger partial charge in [0.1, 0.15) is 17.8 Å². The maximum Gasteiger partial charge on any atom is 0.248 e. The predicted octanol–water partition coefficient (Wildman–Crippen LogP) is 4.86. The lowest BCUT2D eigenvalue weighted by molar-refractivity contribution is 0.464. The molecule has 1 aromatic heterocycles. The number of ether oxygens (including phenoxy) is 1. The smallest absolute Gasteiger partial charge is 0.248 e. The van der Waals surface area contributed by atoms with Crippen LogP contribution in [0, 0.1) is 13.8 Å². The number of hydrogen-bond acceptors (Lipinski definition) is 5. The molecule has 0 amide bonds. The fourth-order valence-electron chi connectivity index (χ4n) is 2.21. The van der Waals surface area contributed by atoms with Gasteiger partial charge in [-0.15, -0.1) is 0 Å². The van der Waals surface area contributed by atoms with E-state index in [0.29, 0.717) is 28.2 Å². The number of nitrogen functional groups attached to an aromatic ring is 1. The first-order valence-electron chi connectivity index (χ1n) is 7.41. The lowest BCUT2D eigenvalue weighted by atomic mass is 10.2. The summed E-state index contributed by atoms with van der Waals surface area (Å²) in [4.78, 5) is 8.30. The Morgan fingerprint density at radius 1 is 1.08 bits per heavy atom. The topological polar surface area (TPSA) is 73.1 Å². The van der Waals surface area contributed by atoms with E-state index in [0.717, 1.165) is 16.8 Å². The van der Waals surface area contributed by atoms with Crippen molar-refractivity contribution in [1.29, 1.82) is 0 Å². The maximum absolute atomic E-state index is 6.15. The van der Waals surface area contributed by atoms with Gasteiger partial charge >= 0.3 is 0 Å². The molecule has 0 saturated heterocycles. The van der Waals surface area contributed by atoms with Crippen LogP contribution in [0.2, 0.25) is 5.02 Å². The fourth-order valence-corrected chi connectivity index (χ4v) is 2.33. The summed E-state index contributed by atoms with van der Waals surface area (Å²) < 4.78 is 5.77. The van der Waals surface area contributed by atoms with Crippen molar-refractivity contribution in [2.24, 2.45) is 0 Å². The van der Waals surface area contributed by atoms with Crippen molar-refractivity contribution >= 4 is 28.8 Å². The Hall–Kier alpha value is -2.79. The number of aromatic nitrogens is 2. The average molecular weight is 341 g/mol. The van der Waals surface area contributed by atoms with Crippen LogP contribution in [0.3, 0.4) is 0 Å². The van der Waals surface area contributed by atoms with E-state index in [1.54, 1.807) is 12.1 Å². The van der Waals surface area contributed by atoms with E-state index in [9.17, 15) is 0 Å². The zero-order chi connectivity index (χ0) is 17.1. The molecule has 0 radical (unpaired) electrons. The van der Waals surface area contributed by atoms with Crippen LogP contribution in [0.25, 0.3) is 0 Å². The first-order valence-corrected chi connectivity index (χ1v) is 7.79. The Morgan fingerprint density at radius 3 is 2.67 bits per heavy atom. The third-order valence-corrected chi connectivity index (χ3v) is 3.90. The van der Waals surface area contributed by atoms with Gasteiger partial charge in [0.2, 0.25) is 5.88 Å². The number of benzene rings is 2. The minimum atomic E-state index is 0.293. The first kappa shape index (κ1) is 16.1. The summed E-state index contributed by atoms with van der Waals surface area (Å²) in [5.41, 5.74) is 9.44. The van der Waals surface area contributed by atoms with Gasteiger partial charge in [-0.2, -0.15) is 4.98 Å². The van der Waals surface area contributed by atoms with Gasteiger partial charge < -0.3 is 15.8 Å². The summed E-state index contributed by atoms with van der Waals surface area (Å²) in [6.45, 7) is 3.93. The Morgan fingerprint density at radius 2 is 1.92 bits per heavy atom. The van der Waals surface area contributed by atoms with Gasteiger partial charge in [0, 0.05) is 10.7 Å². The number of anilines is 3. The highest BCUT2D eigenvalue weighted by molar-refractivity contribution is 6.31. The van der Waals surface area contributed by atoms with Crippen molar-refractivity contribution < 1.29 is 4.74 Å². The van der Waals surface area contributed by atoms with Crippen LogP contribution in [0.5, 0.6) is 11.6 Å². The van der Waals surface area contributed by atoms with Crippen LogP contribution < -0.4 is 15.8 Å². The standard InChI is InChI=1S/C18H17ClN4O/c1-11-4-3-5-13(8-11)23-17-16(20)18(22-10-21-17)24-14-6-7-15(19)12(2)9-14/h3-10H,20H2,1-2H3,(H,21,22,23). The zero-order valence-corrected chi connectivity index (χ0v) is 14.1. The van der Waals surface area contributed by atoms with Crippen LogP contribution in [0.1, 0.15) is 11.1 Å². The Kier molecular flexibility index (Phi) is 4.53. The highest BCUT2D eigenvalue weighted by Gasteiger charge is 2.11. The van der Waals surface area contributed by atoms with Crippen LogP contribution in [0.4, 0.5) is 17.2 Å². The number of rotatable bonds is 4. The normalized spacial score (nSPS) is 10.5. The third-order valence-electron chi connectivity index (χ3n) is 3.47. The zero-order valence-electron chi connectivity index (χ0n) is 13.4. The summed E-state index contributed by atoms with van der Waals surface area (Å²) in [6, 6.07) is 13.3. The summed E-state index contributed by atoms with van der Waals surface area (Å²) in [5, 5.41) is 3.86. The van der Waals surface area contributed by atoms with Crippen LogP contribution in [0.15, 0.2) is 48.8 Å². The van der Waals surface area contributed by atoms with Crippen molar-refractivity contribution in [3.8, 4) is 11.6 Å². The summed E-state index contributed by atoms with van der Waals surface area (Å²) >= 11 is 6.03. The molecule has 3 N–H and O–H groups in total. The fraction of sp³-hybridized carbons (Fsp3) is 0.111. The molecule has 0 unspecified atom stereocenters. The number of nitrogens with one attached hydrogen (secondary N) is 1. The monoisotopic (exact) mass is 340 g/mol. The molecule has 122 valence electrons. The molecule has 0 bridgehead atoms. The molecular formula is C18H17ClN4O. The molecule has 0 aliphatic carbocycles. The van der Waals surface area contributed by atoms with E-state index in [1.165, 1.54) is 6.33 Å². The number of hydrogen-bond donors (Lipinski definition) is 2. The molecule has 0 aliphatic rings. The third kappa shape index (κ3) is 3.58. The first-order chi connectivity index (χ1) is 11.5. The molecule has 0 saturated carbocycles. The number of halogens is 1. The van der Waals surface area contributed by atoms with Gasteiger partial charge in [-0.1, -0.05) is 23.7 Å². The SMILES string of the molecule is Cc1cccc(Nc2ncnc(Oc3ccc(Cl)c(C)c3)c2N)c1. The largest absolute Gasteiger partial charge is 0.437 e. The van der Waals surface area contributed by atoms with Crippen LogP contribution >= 0.6 is 11.6 Å². The van der Waals surface area contributed by atoms with E-state index >= 15 is 0 Å². The highest BCUT2D eigenvalue weighted by Crippen LogP contribution is 2.32. The van der Waals surface area contributed by atoms with Gasteiger partial charge in [0.25, 0.3) is 0 Å². The minimum absolute atomic E-state index is 0.293. The molecule has 3 aromatic rings. The van der Waals surface area contributed by atoms with Crippen molar-refractivity contribution in [3.05, 3.63) is 64.9 Å². The molecule has 0 spiro atoms. The quantitative estimate of drug-likeness (QED) is 0.709. The number of nitrogens with zero attached hydrogens (tertiary/aromatic N) is 2. The van der Waals surface area contributed by atoms with Gasteiger partial charge in [-0.25, -0.2) is 4.98 Å². The maximum atomic E-state index is 6.15. The average Bonchev–Trinajstić information content (AvgIpc) is 2.55. The van der Waals surface area contributed by atoms with E-state index in [2.05, 4.69) is 15.3 Å². The van der Waals surface area contributed by atoms with E-state index in [4.69, 9.17) is 22.1 Å². The minimum Gasteiger partial charge on any atom is -0.437 e. The molecule has 24 heavy (non-hydrogen) atoms. The highest BCUT2D eigenvalue weighted by atomic mass is 35.5. The summed E-state index contributed by atoms with van der Waals surface area (Å²) in [6.07, 6.45) is 1.41. The predicted molar refractivity (Wildman–Crippen MR) is 97.2 cm³/mol. The van der Waals surface area contributed by atoms with Gasteiger partial charge in [0.05, 0.1) is 0 Å². The Balaban J connectivity index is 1.86.